The van der Waals surface area contributed by atoms with Crippen LogP contribution in [0.2, 0.25) is 0 Å². The first kappa shape index (κ1) is 21.7. The van der Waals surface area contributed by atoms with E-state index in [0.29, 0.717) is 11.1 Å². The highest BCUT2D eigenvalue weighted by Crippen LogP contribution is 2.13. The Morgan fingerprint density at radius 2 is 1.71 bits per heavy atom. The summed E-state index contributed by atoms with van der Waals surface area (Å²) in [5.74, 6) is -1.10. The van der Waals surface area contributed by atoms with E-state index in [4.69, 9.17) is 9.84 Å². The van der Waals surface area contributed by atoms with Crippen LogP contribution in [-0.4, -0.2) is 42.3 Å². The van der Waals surface area contributed by atoms with E-state index < -0.39 is 5.97 Å². The van der Waals surface area contributed by atoms with Gasteiger partial charge in [0.2, 0.25) is 0 Å². The van der Waals surface area contributed by atoms with Crippen LogP contribution >= 0.6 is 0 Å². The Morgan fingerprint density at radius 1 is 1.24 bits per heavy atom. The summed E-state index contributed by atoms with van der Waals surface area (Å²) < 4.78 is 4.96. The minimum absolute atomic E-state index is 0.113. The molecule has 0 aliphatic heterocycles. The van der Waals surface area contributed by atoms with Crippen LogP contribution in [0.3, 0.4) is 0 Å². The van der Waals surface area contributed by atoms with Crippen LogP contribution in [0.4, 0.5) is 0 Å². The molecule has 0 bridgehead atoms. The average molecular weight is 299 g/mol. The summed E-state index contributed by atoms with van der Waals surface area (Å²) in [7, 11) is 3.69. The summed E-state index contributed by atoms with van der Waals surface area (Å²) in [6, 6.07) is 0. The first-order valence-electron chi connectivity index (χ1n) is 6.99. The molecule has 122 valence electrons. The molecule has 0 aromatic rings. The molecule has 0 aliphatic rings. The molecule has 0 fully saturated rings. The topological polar surface area (TPSA) is 66.8 Å². The number of carbonyl (C=O) groups is 2. The van der Waals surface area contributed by atoms with Crippen molar-refractivity contribution >= 4 is 11.9 Å². The Hall–Kier alpha value is -1.62. The largest absolute Gasteiger partial charge is 0.478 e. The number of hydrogen-bond acceptors (Lipinski definition) is 4. The highest BCUT2D eigenvalue weighted by Gasteiger charge is 2.11. The van der Waals surface area contributed by atoms with Crippen LogP contribution < -0.4 is 0 Å². The van der Waals surface area contributed by atoms with Crippen molar-refractivity contribution in [2.24, 2.45) is 5.92 Å². The van der Waals surface area contributed by atoms with Gasteiger partial charge in [0.05, 0.1) is 0 Å². The van der Waals surface area contributed by atoms with Gasteiger partial charge in [0.15, 0.2) is 6.23 Å². The molecule has 0 aromatic heterocycles. The van der Waals surface area contributed by atoms with Crippen molar-refractivity contribution in [3.8, 4) is 0 Å². The van der Waals surface area contributed by atoms with Gasteiger partial charge in [0, 0.05) is 11.1 Å². The van der Waals surface area contributed by atoms with Crippen LogP contribution in [-0.2, 0) is 14.3 Å². The second kappa shape index (κ2) is 11.1. The molecule has 0 spiro atoms. The predicted molar refractivity (Wildman–Crippen MR) is 84.9 cm³/mol. The van der Waals surface area contributed by atoms with Crippen LogP contribution in [0.25, 0.3) is 0 Å². The summed E-state index contributed by atoms with van der Waals surface area (Å²) in [4.78, 5) is 23.0. The third-order valence-corrected chi connectivity index (χ3v) is 2.94. The fourth-order valence-corrected chi connectivity index (χ4v) is 1.18. The third-order valence-electron chi connectivity index (χ3n) is 2.94. The van der Waals surface area contributed by atoms with Gasteiger partial charge >= 0.3 is 11.9 Å². The second-order valence-electron chi connectivity index (χ2n) is 5.27. The zero-order valence-corrected chi connectivity index (χ0v) is 14.1. The van der Waals surface area contributed by atoms with E-state index in [-0.39, 0.29) is 18.1 Å². The van der Waals surface area contributed by atoms with Crippen molar-refractivity contribution in [1.82, 2.24) is 4.90 Å². The number of esters is 1. The summed E-state index contributed by atoms with van der Waals surface area (Å²) >= 11 is 0. The fraction of sp³-hybridized carbons (Fsp3) is 0.625. The van der Waals surface area contributed by atoms with Gasteiger partial charge in [0.1, 0.15) is 0 Å². The van der Waals surface area contributed by atoms with E-state index >= 15 is 0 Å². The van der Waals surface area contributed by atoms with Gasteiger partial charge in [0.25, 0.3) is 0 Å². The van der Waals surface area contributed by atoms with Gasteiger partial charge in [-0.25, -0.2) is 9.59 Å². The minimum Gasteiger partial charge on any atom is -0.478 e. The van der Waals surface area contributed by atoms with E-state index in [0.717, 1.165) is 12.8 Å². The molecule has 5 nitrogen and oxygen atoms in total. The highest BCUT2D eigenvalue weighted by atomic mass is 16.6. The number of carboxylic acids is 1. The summed E-state index contributed by atoms with van der Waals surface area (Å²) in [5.41, 5.74) is 0.751. The second-order valence-corrected chi connectivity index (χ2v) is 5.27. The predicted octanol–water partition coefficient (Wildman–Crippen LogP) is 3.08. The van der Waals surface area contributed by atoms with Crippen LogP contribution in [0.15, 0.2) is 24.3 Å². The minimum atomic E-state index is -0.874. The molecule has 0 aliphatic carbocycles. The molecule has 0 saturated heterocycles. The molecule has 0 heterocycles. The Kier molecular flexibility index (Phi) is 11.4. The maximum atomic E-state index is 10.9. The molecular formula is C16H29NO4. The molecule has 2 unspecified atom stereocenters. The summed E-state index contributed by atoms with van der Waals surface area (Å²) in [5, 5.41) is 8.48. The first-order chi connectivity index (χ1) is 9.54. The molecular weight excluding hydrogens is 270 g/mol. The van der Waals surface area contributed by atoms with Crippen molar-refractivity contribution in [1.29, 1.82) is 0 Å². The lowest BCUT2D eigenvalue weighted by Gasteiger charge is -2.19. The molecule has 1 N–H and O–H groups in total. The van der Waals surface area contributed by atoms with Crippen molar-refractivity contribution in [3.05, 3.63) is 24.3 Å². The normalized spacial score (nSPS) is 12.7. The van der Waals surface area contributed by atoms with Crippen molar-refractivity contribution in [2.45, 2.75) is 46.8 Å². The standard InChI is InChI=1S/C8H15NO2.C8H14O2/c1-6(2)8(10)11-7(3)9(4)5;1-4-5-6(2)7(3)8(9)10/h7H,1H2,2-5H3;6H,3-5H2,1-2H3,(H,9,10). The molecule has 0 saturated carbocycles. The van der Waals surface area contributed by atoms with Crippen molar-refractivity contribution < 1.29 is 19.4 Å². The lowest BCUT2D eigenvalue weighted by Crippen LogP contribution is -2.30. The fourth-order valence-electron chi connectivity index (χ4n) is 1.18. The Balaban J connectivity index is 0. The molecule has 5 heteroatoms. The van der Waals surface area contributed by atoms with Gasteiger partial charge in [-0.2, -0.15) is 0 Å². The number of ether oxygens (including phenoxy) is 1. The number of aliphatic carboxylic acids is 1. The Morgan fingerprint density at radius 3 is 2.00 bits per heavy atom. The Labute approximate surface area is 128 Å². The van der Waals surface area contributed by atoms with E-state index in [1.165, 1.54) is 0 Å². The zero-order valence-electron chi connectivity index (χ0n) is 14.1. The molecule has 21 heavy (non-hydrogen) atoms. The first-order valence-corrected chi connectivity index (χ1v) is 6.99. The Bertz CT molecular complexity index is 374. The summed E-state index contributed by atoms with van der Waals surface area (Å²) in [6.07, 6.45) is 1.72. The number of nitrogens with zero attached hydrogens (tertiary/aromatic N) is 1. The van der Waals surface area contributed by atoms with E-state index in [9.17, 15) is 9.59 Å². The van der Waals surface area contributed by atoms with Gasteiger partial charge in [-0.15, -0.1) is 0 Å². The summed E-state index contributed by atoms with van der Waals surface area (Å²) in [6.45, 7) is 14.3. The number of hydrogen-bond donors (Lipinski definition) is 1. The highest BCUT2D eigenvalue weighted by molar-refractivity contribution is 5.87. The van der Waals surface area contributed by atoms with Crippen molar-refractivity contribution in [3.63, 3.8) is 0 Å². The molecule has 0 radical (unpaired) electrons. The molecule has 2 atom stereocenters. The smallest absolute Gasteiger partial charge is 0.334 e. The molecule has 0 aromatic carbocycles. The lowest BCUT2D eigenvalue weighted by molar-refractivity contribution is -0.150. The molecule has 0 amide bonds. The quantitative estimate of drug-likeness (QED) is 0.444. The van der Waals surface area contributed by atoms with Crippen LogP contribution in [0.1, 0.15) is 40.5 Å². The van der Waals surface area contributed by atoms with Crippen LogP contribution in [0, 0.1) is 5.92 Å². The van der Waals surface area contributed by atoms with Crippen LogP contribution in [0.5, 0.6) is 0 Å². The number of carbonyl (C=O) groups excluding carboxylic acids is 1. The van der Waals surface area contributed by atoms with E-state index in [1.54, 1.807) is 18.7 Å². The van der Waals surface area contributed by atoms with Gasteiger partial charge in [-0.1, -0.05) is 33.4 Å². The lowest BCUT2D eigenvalue weighted by atomic mass is 9.98. The van der Waals surface area contributed by atoms with Crippen molar-refractivity contribution in [2.75, 3.05) is 14.1 Å². The number of carboxylic acid groups (broad SMARTS) is 1. The van der Waals surface area contributed by atoms with Gasteiger partial charge in [-0.3, -0.25) is 4.90 Å². The molecule has 0 rings (SSSR count). The SMILES string of the molecule is C=C(C(=O)O)C(C)CCC.C=C(C)C(=O)OC(C)N(C)C. The van der Waals surface area contributed by atoms with E-state index in [1.807, 2.05) is 27.9 Å². The average Bonchev–Trinajstić information content (AvgIpc) is 2.38. The monoisotopic (exact) mass is 299 g/mol. The maximum Gasteiger partial charge on any atom is 0.334 e. The van der Waals surface area contributed by atoms with Gasteiger partial charge in [-0.05, 0) is 40.3 Å². The third kappa shape index (κ3) is 10.8. The number of rotatable bonds is 7. The zero-order chi connectivity index (χ0) is 17.2. The van der Waals surface area contributed by atoms with Gasteiger partial charge < -0.3 is 9.84 Å². The van der Waals surface area contributed by atoms with E-state index in [2.05, 4.69) is 13.2 Å². The maximum absolute atomic E-state index is 10.9.